The number of hydrogen-bond donors (Lipinski definition) is 0. The summed E-state index contributed by atoms with van der Waals surface area (Å²) in [5.41, 5.74) is 1.01. The molecule has 186 valence electrons. The Balaban J connectivity index is 1.66. The van der Waals surface area contributed by atoms with Gasteiger partial charge in [0.25, 0.3) is 11.8 Å². The fourth-order valence-corrected chi connectivity index (χ4v) is 6.65. The van der Waals surface area contributed by atoms with Crippen LogP contribution in [-0.2, 0) is 19.4 Å². The van der Waals surface area contributed by atoms with E-state index in [2.05, 4.69) is 0 Å². The number of carbonyl (C=O) groups is 2. The number of rotatable bonds is 4. The standard InChI is InChI=1S/C27H18Cl2N2O5S/c28-22-8-4-7-19(25(22)29)23-10-9-18(36-23)13-20-24(16-5-2-1-3-6-16)21(14-30)27(33)31(26(20)32)17-11-12-37(34,35)15-17/h1-10,13,17H,11-12,15H2/b20-13+/t17-/m1/s1. The molecule has 0 aliphatic carbocycles. The third-order valence-electron chi connectivity index (χ3n) is 6.28. The van der Waals surface area contributed by atoms with Crippen LogP contribution in [0, 0.1) is 11.3 Å². The molecule has 2 aromatic carbocycles. The van der Waals surface area contributed by atoms with Gasteiger partial charge >= 0.3 is 0 Å². The van der Waals surface area contributed by atoms with Crippen molar-refractivity contribution in [2.24, 2.45) is 0 Å². The van der Waals surface area contributed by atoms with Crippen molar-refractivity contribution in [1.82, 2.24) is 4.90 Å². The zero-order valence-corrected chi connectivity index (χ0v) is 21.5. The van der Waals surface area contributed by atoms with Gasteiger partial charge in [0.05, 0.1) is 33.2 Å². The first-order valence-corrected chi connectivity index (χ1v) is 13.8. The number of halogens is 2. The van der Waals surface area contributed by atoms with Crippen molar-refractivity contribution in [2.45, 2.75) is 12.5 Å². The lowest BCUT2D eigenvalue weighted by atomic mass is 9.87. The molecule has 3 aromatic rings. The van der Waals surface area contributed by atoms with Crippen LogP contribution in [0.4, 0.5) is 0 Å². The lowest BCUT2D eigenvalue weighted by molar-refractivity contribution is -0.142. The fourth-order valence-electron chi connectivity index (χ4n) is 4.56. The largest absolute Gasteiger partial charge is 0.457 e. The fraction of sp³-hybridized carbons (Fsp3) is 0.148. The van der Waals surface area contributed by atoms with Gasteiger partial charge in [-0.15, -0.1) is 0 Å². The molecule has 3 heterocycles. The summed E-state index contributed by atoms with van der Waals surface area (Å²) in [5, 5.41) is 10.6. The summed E-state index contributed by atoms with van der Waals surface area (Å²) in [6.07, 6.45) is 1.57. The Bertz CT molecular complexity index is 1650. The maximum atomic E-state index is 13.8. The van der Waals surface area contributed by atoms with E-state index >= 15 is 0 Å². The topological polar surface area (TPSA) is 108 Å². The number of furan rings is 1. The molecule has 2 amide bonds. The Labute approximate surface area is 223 Å². The molecule has 10 heteroatoms. The molecule has 1 aromatic heterocycles. The minimum atomic E-state index is -3.40. The average Bonchev–Trinajstić information content (AvgIpc) is 3.48. The molecule has 1 saturated heterocycles. The minimum absolute atomic E-state index is 0.0461. The van der Waals surface area contributed by atoms with Crippen LogP contribution in [0.25, 0.3) is 23.0 Å². The number of amides is 2. The van der Waals surface area contributed by atoms with E-state index < -0.39 is 27.7 Å². The highest BCUT2D eigenvalue weighted by Gasteiger charge is 2.45. The Morgan fingerprint density at radius 2 is 1.76 bits per heavy atom. The van der Waals surface area contributed by atoms with Gasteiger partial charge in [-0.25, -0.2) is 8.42 Å². The zero-order chi connectivity index (χ0) is 26.3. The van der Waals surface area contributed by atoms with E-state index in [9.17, 15) is 23.3 Å². The molecule has 0 bridgehead atoms. The number of nitriles is 1. The maximum Gasteiger partial charge on any atom is 0.272 e. The summed E-state index contributed by atoms with van der Waals surface area (Å²) in [4.78, 5) is 28.0. The van der Waals surface area contributed by atoms with Crippen LogP contribution in [0.5, 0.6) is 0 Å². The van der Waals surface area contributed by atoms with Crippen molar-refractivity contribution in [2.75, 3.05) is 11.5 Å². The maximum absolute atomic E-state index is 13.8. The van der Waals surface area contributed by atoms with Crippen molar-refractivity contribution in [3.8, 4) is 17.4 Å². The molecule has 0 spiro atoms. The normalized spacial score (nSPS) is 20.5. The third-order valence-corrected chi connectivity index (χ3v) is 8.85. The van der Waals surface area contributed by atoms with Crippen LogP contribution in [0.2, 0.25) is 10.0 Å². The predicted molar refractivity (Wildman–Crippen MR) is 140 cm³/mol. The lowest BCUT2D eigenvalue weighted by Crippen LogP contribution is -2.49. The van der Waals surface area contributed by atoms with Gasteiger partial charge in [-0.1, -0.05) is 59.6 Å². The highest BCUT2D eigenvalue weighted by molar-refractivity contribution is 7.91. The highest BCUT2D eigenvalue weighted by Crippen LogP contribution is 2.38. The zero-order valence-electron chi connectivity index (χ0n) is 19.1. The minimum Gasteiger partial charge on any atom is -0.457 e. The summed E-state index contributed by atoms with van der Waals surface area (Å²) in [5.74, 6) is -1.29. The van der Waals surface area contributed by atoms with E-state index in [1.165, 1.54) is 6.08 Å². The predicted octanol–water partition coefficient (Wildman–Crippen LogP) is 5.17. The van der Waals surface area contributed by atoms with E-state index in [0.717, 1.165) is 4.90 Å². The van der Waals surface area contributed by atoms with Gasteiger partial charge < -0.3 is 4.42 Å². The second kappa shape index (κ2) is 9.67. The van der Waals surface area contributed by atoms with Gasteiger partial charge in [0, 0.05) is 11.1 Å². The number of sulfone groups is 1. The highest BCUT2D eigenvalue weighted by atomic mass is 35.5. The molecular formula is C27H18Cl2N2O5S. The summed E-state index contributed by atoms with van der Waals surface area (Å²) < 4.78 is 30.2. The number of hydrogen-bond acceptors (Lipinski definition) is 6. The Hall–Kier alpha value is -3.64. The molecule has 0 unspecified atom stereocenters. The molecule has 0 N–H and O–H groups in total. The van der Waals surface area contributed by atoms with Crippen LogP contribution in [0.1, 0.15) is 17.7 Å². The first-order chi connectivity index (χ1) is 17.7. The molecule has 1 atom stereocenters. The monoisotopic (exact) mass is 552 g/mol. The quantitative estimate of drug-likeness (QED) is 0.326. The first-order valence-electron chi connectivity index (χ1n) is 11.2. The van der Waals surface area contributed by atoms with Gasteiger partial charge in [0.2, 0.25) is 0 Å². The van der Waals surface area contributed by atoms with Crippen LogP contribution in [-0.4, -0.2) is 42.7 Å². The molecule has 37 heavy (non-hydrogen) atoms. The second-order valence-corrected chi connectivity index (χ2v) is 11.6. The van der Waals surface area contributed by atoms with Crippen LogP contribution >= 0.6 is 23.2 Å². The molecule has 0 radical (unpaired) electrons. The van der Waals surface area contributed by atoms with Crippen molar-refractivity contribution >= 4 is 56.5 Å². The van der Waals surface area contributed by atoms with Crippen molar-refractivity contribution < 1.29 is 22.4 Å². The van der Waals surface area contributed by atoms with Crippen LogP contribution in [0.3, 0.4) is 0 Å². The van der Waals surface area contributed by atoms with Gasteiger partial charge in [-0.05, 0) is 42.3 Å². The smallest absolute Gasteiger partial charge is 0.272 e. The molecular weight excluding hydrogens is 535 g/mol. The van der Waals surface area contributed by atoms with E-state index in [-0.39, 0.29) is 40.4 Å². The Morgan fingerprint density at radius 3 is 2.43 bits per heavy atom. The number of imide groups is 1. The van der Waals surface area contributed by atoms with Crippen LogP contribution < -0.4 is 0 Å². The summed E-state index contributed by atoms with van der Waals surface area (Å²) in [6.45, 7) is 0. The Morgan fingerprint density at radius 1 is 1.00 bits per heavy atom. The molecule has 1 fully saturated rings. The third kappa shape index (κ3) is 4.62. The van der Waals surface area contributed by atoms with E-state index in [1.54, 1.807) is 60.7 Å². The SMILES string of the molecule is N#CC1=C(c2ccccc2)/C(=C\c2ccc(-c3cccc(Cl)c3Cl)o2)C(=O)N([C@@H]2CCS(=O)(=O)C2)C1=O. The second-order valence-electron chi connectivity index (χ2n) is 8.63. The van der Waals surface area contributed by atoms with E-state index in [0.29, 0.717) is 26.9 Å². The number of benzene rings is 2. The lowest BCUT2D eigenvalue weighted by Gasteiger charge is -2.32. The Kier molecular flexibility index (Phi) is 6.54. The van der Waals surface area contributed by atoms with E-state index in [4.69, 9.17) is 27.6 Å². The van der Waals surface area contributed by atoms with Crippen molar-refractivity contribution in [1.29, 1.82) is 5.26 Å². The number of carbonyl (C=O) groups excluding carboxylic acids is 2. The summed E-state index contributed by atoms with van der Waals surface area (Å²) in [7, 11) is -3.40. The van der Waals surface area contributed by atoms with Gasteiger partial charge in [0.15, 0.2) is 9.84 Å². The van der Waals surface area contributed by atoms with Crippen molar-refractivity contribution in [3.05, 3.63) is 93.2 Å². The van der Waals surface area contributed by atoms with Gasteiger partial charge in [-0.3, -0.25) is 14.5 Å². The van der Waals surface area contributed by atoms with E-state index in [1.807, 2.05) is 6.07 Å². The van der Waals surface area contributed by atoms with Gasteiger partial charge in [0.1, 0.15) is 23.2 Å². The molecule has 0 saturated carbocycles. The summed E-state index contributed by atoms with van der Waals surface area (Å²) in [6, 6.07) is 18.1. The first kappa shape index (κ1) is 25.0. The molecule has 2 aliphatic heterocycles. The molecule has 5 rings (SSSR count). The molecule has 7 nitrogen and oxygen atoms in total. The van der Waals surface area contributed by atoms with Crippen LogP contribution in [0.15, 0.2) is 76.2 Å². The average molecular weight is 553 g/mol. The molecule has 2 aliphatic rings. The van der Waals surface area contributed by atoms with Gasteiger partial charge in [-0.2, -0.15) is 5.26 Å². The summed E-state index contributed by atoms with van der Waals surface area (Å²) >= 11 is 12.5. The number of nitrogens with zero attached hydrogens (tertiary/aromatic N) is 2. The van der Waals surface area contributed by atoms with Crippen molar-refractivity contribution in [3.63, 3.8) is 0 Å².